The van der Waals surface area contributed by atoms with E-state index in [1.165, 1.54) is 30.6 Å². The predicted molar refractivity (Wildman–Crippen MR) is 81.0 cm³/mol. The zero-order valence-electron chi connectivity index (χ0n) is 13.2. The number of carbonyl (C=O) groups is 2. The molecule has 1 saturated carbocycles. The van der Waals surface area contributed by atoms with Crippen LogP contribution in [0.2, 0.25) is 0 Å². The van der Waals surface area contributed by atoms with Gasteiger partial charge >= 0.3 is 12.0 Å². The van der Waals surface area contributed by atoms with Crippen molar-refractivity contribution >= 4 is 12.0 Å². The summed E-state index contributed by atoms with van der Waals surface area (Å²) in [6, 6.07) is -0.877. The lowest BCUT2D eigenvalue weighted by molar-refractivity contribution is -0.145. The van der Waals surface area contributed by atoms with Crippen LogP contribution in [-0.2, 0) is 4.79 Å². The Bertz CT molecular complexity index is 378. The number of nitrogens with one attached hydrogen (secondary N) is 1. The zero-order valence-corrected chi connectivity index (χ0v) is 13.2. The number of rotatable bonds is 3. The molecule has 0 aromatic rings. The maximum absolute atomic E-state index is 12.3. The van der Waals surface area contributed by atoms with E-state index in [-0.39, 0.29) is 11.9 Å². The van der Waals surface area contributed by atoms with Crippen LogP contribution in [0.5, 0.6) is 0 Å². The van der Waals surface area contributed by atoms with Crippen LogP contribution in [0.15, 0.2) is 0 Å². The van der Waals surface area contributed by atoms with Gasteiger partial charge in [-0.25, -0.2) is 9.59 Å². The molecule has 0 aromatic heterocycles. The van der Waals surface area contributed by atoms with Crippen LogP contribution < -0.4 is 5.32 Å². The molecule has 2 rings (SSSR count). The van der Waals surface area contributed by atoms with Crippen LogP contribution in [0.25, 0.3) is 0 Å². The van der Waals surface area contributed by atoms with E-state index in [1.807, 2.05) is 6.92 Å². The minimum absolute atomic E-state index is 0.0255. The molecule has 1 saturated heterocycles. The van der Waals surface area contributed by atoms with Crippen molar-refractivity contribution < 1.29 is 14.7 Å². The van der Waals surface area contributed by atoms with Crippen LogP contribution >= 0.6 is 0 Å². The standard InChI is InChI=1S/C16H28N2O3/c1-11-5-7-13(8-6-11)10-17-16(21)18-9-3-4-12(2)14(18)15(19)20/h11-14H,3-10H2,1-2H3,(H,17,21)(H,19,20). The maximum Gasteiger partial charge on any atom is 0.326 e. The Labute approximate surface area is 127 Å². The summed E-state index contributed by atoms with van der Waals surface area (Å²) < 4.78 is 0. The minimum Gasteiger partial charge on any atom is -0.480 e. The fourth-order valence-electron chi connectivity index (χ4n) is 3.66. The largest absolute Gasteiger partial charge is 0.480 e. The fraction of sp³-hybridized carbons (Fsp3) is 0.875. The van der Waals surface area contributed by atoms with Gasteiger partial charge in [-0.1, -0.05) is 26.7 Å². The number of carbonyl (C=O) groups excluding carboxylic acids is 1. The SMILES string of the molecule is CC1CCC(CNC(=O)N2CCCC(C)C2C(=O)O)CC1. The number of carboxylic acid groups (broad SMARTS) is 1. The number of aliphatic carboxylic acids is 1. The van der Waals surface area contributed by atoms with E-state index in [9.17, 15) is 14.7 Å². The Balaban J connectivity index is 1.85. The maximum atomic E-state index is 12.3. The van der Waals surface area contributed by atoms with E-state index >= 15 is 0 Å². The van der Waals surface area contributed by atoms with Gasteiger partial charge in [0.1, 0.15) is 6.04 Å². The number of likely N-dealkylation sites (tertiary alicyclic amines) is 1. The lowest BCUT2D eigenvalue weighted by Gasteiger charge is -2.37. The van der Waals surface area contributed by atoms with E-state index in [0.29, 0.717) is 19.0 Å². The number of urea groups is 1. The number of carboxylic acids is 1. The van der Waals surface area contributed by atoms with Gasteiger partial charge in [0.05, 0.1) is 0 Å². The average molecular weight is 296 g/mol. The second-order valence-corrected chi connectivity index (χ2v) is 6.91. The van der Waals surface area contributed by atoms with Crippen molar-refractivity contribution in [3.63, 3.8) is 0 Å². The molecule has 0 aromatic carbocycles. The summed E-state index contributed by atoms with van der Waals surface area (Å²) in [5.74, 6) is 0.494. The van der Waals surface area contributed by atoms with Gasteiger partial charge in [0.25, 0.3) is 0 Å². The Kier molecular flexibility index (Phi) is 5.48. The summed E-state index contributed by atoms with van der Waals surface area (Å²) in [7, 11) is 0. The summed E-state index contributed by atoms with van der Waals surface area (Å²) in [5, 5.41) is 12.3. The average Bonchev–Trinajstić information content (AvgIpc) is 2.45. The van der Waals surface area contributed by atoms with Gasteiger partial charge in [-0.15, -0.1) is 0 Å². The quantitative estimate of drug-likeness (QED) is 0.841. The molecule has 2 amide bonds. The van der Waals surface area contributed by atoms with Gasteiger partial charge in [-0.2, -0.15) is 0 Å². The Morgan fingerprint density at radius 1 is 1.14 bits per heavy atom. The van der Waals surface area contributed by atoms with Crippen LogP contribution in [0.4, 0.5) is 4.79 Å². The number of amides is 2. The van der Waals surface area contributed by atoms with E-state index < -0.39 is 12.0 Å². The molecule has 0 radical (unpaired) electrons. The van der Waals surface area contributed by atoms with Crippen molar-refractivity contribution in [3.8, 4) is 0 Å². The molecule has 1 heterocycles. The van der Waals surface area contributed by atoms with Crippen LogP contribution in [-0.4, -0.2) is 41.1 Å². The molecule has 0 bridgehead atoms. The highest BCUT2D eigenvalue weighted by Crippen LogP contribution is 2.28. The molecule has 5 nitrogen and oxygen atoms in total. The first-order chi connectivity index (χ1) is 9.99. The summed E-state index contributed by atoms with van der Waals surface area (Å²) in [6.45, 7) is 5.43. The molecule has 2 atom stereocenters. The summed E-state index contributed by atoms with van der Waals surface area (Å²) >= 11 is 0. The highest BCUT2D eigenvalue weighted by Gasteiger charge is 2.37. The minimum atomic E-state index is -0.885. The van der Waals surface area contributed by atoms with Gasteiger partial charge < -0.3 is 15.3 Å². The molecule has 0 spiro atoms. The van der Waals surface area contributed by atoms with Crippen molar-refractivity contribution in [2.75, 3.05) is 13.1 Å². The highest BCUT2D eigenvalue weighted by molar-refractivity contribution is 5.83. The van der Waals surface area contributed by atoms with Crippen molar-refractivity contribution in [1.29, 1.82) is 0 Å². The molecule has 120 valence electrons. The van der Waals surface area contributed by atoms with Gasteiger partial charge in [0.2, 0.25) is 0 Å². The van der Waals surface area contributed by atoms with Crippen LogP contribution in [0.3, 0.4) is 0 Å². The Morgan fingerprint density at radius 2 is 1.81 bits per heavy atom. The highest BCUT2D eigenvalue weighted by atomic mass is 16.4. The number of nitrogens with zero attached hydrogens (tertiary/aromatic N) is 1. The molecular formula is C16H28N2O3. The number of hydrogen-bond acceptors (Lipinski definition) is 2. The third kappa shape index (κ3) is 4.11. The van der Waals surface area contributed by atoms with Gasteiger partial charge in [-0.05, 0) is 43.4 Å². The van der Waals surface area contributed by atoms with E-state index in [4.69, 9.17) is 0 Å². The third-order valence-corrected chi connectivity index (χ3v) is 5.12. The molecule has 2 unspecified atom stereocenters. The summed E-state index contributed by atoms with van der Waals surface area (Å²) in [6.07, 6.45) is 6.57. The summed E-state index contributed by atoms with van der Waals surface area (Å²) in [5.41, 5.74) is 0. The molecule has 2 fully saturated rings. The van der Waals surface area contributed by atoms with Crippen LogP contribution in [0, 0.1) is 17.8 Å². The molecule has 2 N–H and O–H groups in total. The van der Waals surface area contributed by atoms with E-state index in [0.717, 1.165) is 18.8 Å². The second-order valence-electron chi connectivity index (χ2n) is 6.91. The van der Waals surface area contributed by atoms with E-state index in [2.05, 4.69) is 12.2 Å². The molecule has 1 aliphatic heterocycles. The first kappa shape index (κ1) is 16.1. The van der Waals surface area contributed by atoms with Crippen molar-refractivity contribution in [2.24, 2.45) is 17.8 Å². The number of piperidine rings is 1. The van der Waals surface area contributed by atoms with Crippen molar-refractivity contribution in [2.45, 2.75) is 58.4 Å². The molecule has 1 aliphatic carbocycles. The van der Waals surface area contributed by atoms with E-state index in [1.54, 1.807) is 0 Å². The predicted octanol–water partition coefficient (Wildman–Crippen LogP) is 2.71. The normalized spacial score (nSPS) is 33.5. The van der Waals surface area contributed by atoms with Gasteiger partial charge in [0, 0.05) is 13.1 Å². The van der Waals surface area contributed by atoms with Gasteiger partial charge in [-0.3, -0.25) is 0 Å². The lowest BCUT2D eigenvalue weighted by atomic mass is 9.83. The first-order valence-corrected chi connectivity index (χ1v) is 8.26. The molecule has 5 heteroatoms. The smallest absolute Gasteiger partial charge is 0.326 e. The monoisotopic (exact) mass is 296 g/mol. The Hall–Kier alpha value is -1.26. The molecule has 2 aliphatic rings. The number of hydrogen-bond donors (Lipinski definition) is 2. The zero-order chi connectivity index (χ0) is 15.4. The Morgan fingerprint density at radius 3 is 2.43 bits per heavy atom. The lowest BCUT2D eigenvalue weighted by Crippen LogP contribution is -2.55. The van der Waals surface area contributed by atoms with Gasteiger partial charge in [0.15, 0.2) is 0 Å². The molecular weight excluding hydrogens is 268 g/mol. The topological polar surface area (TPSA) is 69.6 Å². The first-order valence-electron chi connectivity index (χ1n) is 8.26. The van der Waals surface area contributed by atoms with Crippen LogP contribution in [0.1, 0.15) is 52.4 Å². The third-order valence-electron chi connectivity index (χ3n) is 5.12. The molecule has 21 heavy (non-hydrogen) atoms. The van der Waals surface area contributed by atoms with Crippen molar-refractivity contribution in [1.82, 2.24) is 10.2 Å². The second kappa shape index (κ2) is 7.14. The fourth-order valence-corrected chi connectivity index (χ4v) is 3.66. The van der Waals surface area contributed by atoms with Crippen molar-refractivity contribution in [3.05, 3.63) is 0 Å². The summed E-state index contributed by atoms with van der Waals surface area (Å²) in [4.78, 5) is 25.2.